The highest BCUT2D eigenvalue weighted by molar-refractivity contribution is 7.89. The van der Waals surface area contributed by atoms with Gasteiger partial charge in [-0.1, -0.05) is 24.6 Å². The van der Waals surface area contributed by atoms with Crippen LogP contribution in [0.5, 0.6) is 0 Å². The summed E-state index contributed by atoms with van der Waals surface area (Å²) in [7, 11) is -3.94. The lowest BCUT2D eigenvalue weighted by Gasteiger charge is -2.20. The van der Waals surface area contributed by atoms with E-state index in [1.54, 1.807) is 26.0 Å². The predicted molar refractivity (Wildman–Crippen MR) is 101 cm³/mol. The van der Waals surface area contributed by atoms with Gasteiger partial charge in [-0.05, 0) is 32.8 Å². The molecule has 0 saturated heterocycles. The van der Waals surface area contributed by atoms with Crippen LogP contribution in [0.15, 0.2) is 33.6 Å². The quantitative estimate of drug-likeness (QED) is 0.654. The molecule has 3 aromatic rings. The lowest BCUT2D eigenvalue weighted by Crippen LogP contribution is -2.24. The van der Waals surface area contributed by atoms with E-state index in [2.05, 4.69) is 19.9 Å². The topological polar surface area (TPSA) is 101 Å². The van der Waals surface area contributed by atoms with Crippen molar-refractivity contribution in [3.8, 4) is 11.5 Å². The molecule has 1 aromatic carbocycles. The normalized spacial score (nSPS) is 15.0. The Morgan fingerprint density at radius 2 is 1.96 bits per heavy atom. The van der Waals surface area contributed by atoms with Crippen LogP contribution in [0.1, 0.15) is 48.0 Å². The van der Waals surface area contributed by atoms with Crippen LogP contribution in [0, 0.1) is 19.7 Å². The average molecular weight is 404 g/mol. The van der Waals surface area contributed by atoms with Gasteiger partial charge in [0.1, 0.15) is 10.7 Å². The number of aryl methyl sites for hydroxylation is 2. The molecule has 1 fully saturated rings. The summed E-state index contributed by atoms with van der Waals surface area (Å²) in [5.74, 6) is 0.507. The fourth-order valence-corrected chi connectivity index (χ4v) is 4.85. The van der Waals surface area contributed by atoms with Crippen LogP contribution >= 0.6 is 0 Å². The molecule has 0 amide bonds. The van der Waals surface area contributed by atoms with Gasteiger partial charge < -0.3 is 9.40 Å². The molecular formula is C19H21FN4O3S. The zero-order chi connectivity index (χ0) is 19.9. The molecule has 0 spiro atoms. The summed E-state index contributed by atoms with van der Waals surface area (Å²) >= 11 is 0. The maximum Gasteiger partial charge on any atom is 0.250 e. The van der Waals surface area contributed by atoms with Gasteiger partial charge in [0.05, 0.1) is 5.56 Å². The van der Waals surface area contributed by atoms with Crippen molar-refractivity contribution in [1.82, 2.24) is 19.9 Å². The summed E-state index contributed by atoms with van der Waals surface area (Å²) in [6.45, 7) is 3.26. The first kappa shape index (κ1) is 18.8. The fourth-order valence-electron chi connectivity index (χ4n) is 3.39. The van der Waals surface area contributed by atoms with Crippen molar-refractivity contribution >= 4 is 10.0 Å². The maximum atomic E-state index is 13.8. The van der Waals surface area contributed by atoms with Gasteiger partial charge in [0.15, 0.2) is 0 Å². The number of sulfonamides is 1. The SMILES string of the molecule is Cc1[nH]c(C)c(S(=O)(=O)NCc2ccccc2F)c1-c1nnc(C2CCC2)o1. The van der Waals surface area contributed by atoms with E-state index < -0.39 is 15.8 Å². The van der Waals surface area contributed by atoms with Crippen LogP contribution in [-0.4, -0.2) is 23.6 Å². The largest absolute Gasteiger partial charge is 0.420 e. The first-order chi connectivity index (χ1) is 13.4. The molecule has 2 heterocycles. The molecule has 1 saturated carbocycles. The van der Waals surface area contributed by atoms with E-state index in [-0.39, 0.29) is 28.8 Å². The Hall–Kier alpha value is -2.52. The first-order valence-electron chi connectivity index (χ1n) is 9.13. The maximum absolute atomic E-state index is 13.8. The minimum Gasteiger partial charge on any atom is -0.420 e. The van der Waals surface area contributed by atoms with Gasteiger partial charge in [0, 0.05) is 29.4 Å². The van der Waals surface area contributed by atoms with Crippen LogP contribution < -0.4 is 4.72 Å². The molecular weight excluding hydrogens is 383 g/mol. The van der Waals surface area contributed by atoms with E-state index in [1.807, 2.05) is 0 Å². The molecule has 148 valence electrons. The van der Waals surface area contributed by atoms with Crippen molar-refractivity contribution in [1.29, 1.82) is 0 Å². The van der Waals surface area contributed by atoms with E-state index in [9.17, 15) is 12.8 Å². The van der Waals surface area contributed by atoms with Crippen LogP contribution in [0.2, 0.25) is 0 Å². The number of benzene rings is 1. The number of hydrogen-bond donors (Lipinski definition) is 2. The molecule has 28 heavy (non-hydrogen) atoms. The van der Waals surface area contributed by atoms with Gasteiger partial charge in [0.25, 0.3) is 5.89 Å². The average Bonchev–Trinajstić information content (AvgIpc) is 3.17. The number of H-pyrrole nitrogens is 1. The van der Waals surface area contributed by atoms with Gasteiger partial charge in [-0.2, -0.15) is 0 Å². The molecule has 2 N–H and O–H groups in total. The van der Waals surface area contributed by atoms with Crippen molar-refractivity contribution in [2.24, 2.45) is 0 Å². The van der Waals surface area contributed by atoms with Gasteiger partial charge in [0.2, 0.25) is 15.9 Å². The third kappa shape index (κ3) is 3.35. The summed E-state index contributed by atoms with van der Waals surface area (Å²) in [6.07, 6.45) is 3.13. The summed E-state index contributed by atoms with van der Waals surface area (Å²) in [4.78, 5) is 3.08. The Balaban J connectivity index is 1.67. The van der Waals surface area contributed by atoms with Crippen molar-refractivity contribution in [3.63, 3.8) is 0 Å². The first-order valence-corrected chi connectivity index (χ1v) is 10.6. The minimum absolute atomic E-state index is 0.0464. The molecule has 0 aliphatic heterocycles. The molecule has 4 rings (SSSR count). The molecule has 0 radical (unpaired) electrons. The zero-order valence-corrected chi connectivity index (χ0v) is 16.4. The number of hydrogen-bond acceptors (Lipinski definition) is 5. The van der Waals surface area contributed by atoms with Crippen molar-refractivity contribution in [2.45, 2.75) is 50.5 Å². The van der Waals surface area contributed by atoms with Crippen LogP contribution in [-0.2, 0) is 16.6 Å². The molecule has 9 heteroatoms. The van der Waals surface area contributed by atoms with Gasteiger partial charge in [-0.3, -0.25) is 0 Å². The van der Waals surface area contributed by atoms with Crippen LogP contribution in [0.4, 0.5) is 4.39 Å². The second-order valence-electron chi connectivity index (χ2n) is 7.07. The molecule has 0 atom stereocenters. The monoisotopic (exact) mass is 404 g/mol. The Morgan fingerprint density at radius 1 is 1.21 bits per heavy atom. The van der Waals surface area contributed by atoms with Crippen LogP contribution in [0.3, 0.4) is 0 Å². The fraction of sp³-hybridized carbons (Fsp3) is 0.368. The zero-order valence-electron chi connectivity index (χ0n) is 15.6. The smallest absolute Gasteiger partial charge is 0.250 e. The lowest BCUT2D eigenvalue weighted by molar-refractivity contribution is 0.338. The standard InChI is InChI=1S/C19H21FN4O3S/c1-11-16(19-24-23-18(27-19)13-7-5-8-13)17(12(2)22-11)28(25,26)21-10-14-6-3-4-9-15(14)20/h3-4,6,9,13,21-22H,5,7-8,10H2,1-2H3. The van der Waals surface area contributed by atoms with Gasteiger partial charge in [-0.25, -0.2) is 17.5 Å². The molecule has 0 unspecified atom stereocenters. The number of aromatic amines is 1. The van der Waals surface area contributed by atoms with Gasteiger partial charge >= 0.3 is 0 Å². The third-order valence-electron chi connectivity index (χ3n) is 5.11. The van der Waals surface area contributed by atoms with E-state index in [0.717, 1.165) is 19.3 Å². The van der Waals surface area contributed by atoms with E-state index in [4.69, 9.17) is 4.42 Å². The number of rotatable bonds is 6. The highest BCUT2D eigenvalue weighted by atomic mass is 32.2. The van der Waals surface area contributed by atoms with E-state index in [1.165, 1.54) is 12.1 Å². The van der Waals surface area contributed by atoms with Crippen molar-refractivity contribution in [3.05, 3.63) is 52.9 Å². The highest BCUT2D eigenvalue weighted by Gasteiger charge is 2.31. The number of aromatic nitrogens is 3. The molecule has 0 bridgehead atoms. The van der Waals surface area contributed by atoms with Gasteiger partial charge in [-0.15, -0.1) is 10.2 Å². The lowest BCUT2D eigenvalue weighted by atomic mass is 9.85. The molecule has 2 aromatic heterocycles. The molecule has 1 aliphatic carbocycles. The van der Waals surface area contributed by atoms with Crippen molar-refractivity contribution in [2.75, 3.05) is 0 Å². The second kappa shape index (κ2) is 7.14. The molecule has 7 nitrogen and oxygen atoms in total. The van der Waals surface area contributed by atoms with E-state index in [0.29, 0.717) is 22.8 Å². The second-order valence-corrected chi connectivity index (χ2v) is 8.77. The highest BCUT2D eigenvalue weighted by Crippen LogP contribution is 2.38. The van der Waals surface area contributed by atoms with Crippen molar-refractivity contribution < 1.29 is 17.2 Å². The number of nitrogens with zero attached hydrogens (tertiary/aromatic N) is 2. The Morgan fingerprint density at radius 3 is 2.64 bits per heavy atom. The number of nitrogens with one attached hydrogen (secondary N) is 2. The third-order valence-corrected chi connectivity index (χ3v) is 6.68. The summed E-state index contributed by atoms with van der Waals surface area (Å²) in [5, 5.41) is 8.18. The number of halogens is 1. The Kier molecular flexibility index (Phi) is 4.80. The summed E-state index contributed by atoms with van der Waals surface area (Å²) in [5.41, 5.74) is 1.70. The van der Waals surface area contributed by atoms with Crippen LogP contribution in [0.25, 0.3) is 11.5 Å². The minimum atomic E-state index is -3.94. The Labute approximate surface area is 162 Å². The van der Waals surface area contributed by atoms with E-state index >= 15 is 0 Å². The summed E-state index contributed by atoms with van der Waals surface area (Å²) in [6, 6.07) is 6.04. The Bertz CT molecular complexity index is 1120. The molecule has 1 aliphatic rings. The predicted octanol–water partition coefficient (Wildman–Crippen LogP) is 3.57. The summed E-state index contributed by atoms with van der Waals surface area (Å²) < 4.78 is 48.1.